The van der Waals surface area contributed by atoms with Gasteiger partial charge < -0.3 is 29.4 Å². The zero-order valence-corrected chi connectivity index (χ0v) is 18.5. The van der Waals surface area contributed by atoms with Crippen LogP contribution in [-0.2, 0) is 26.2 Å². The van der Waals surface area contributed by atoms with E-state index in [1.807, 2.05) is 17.1 Å². The Morgan fingerprint density at radius 2 is 1.80 bits per heavy atom. The van der Waals surface area contributed by atoms with E-state index < -0.39 is 0 Å². The first-order valence-electron chi connectivity index (χ1n) is 7.48. The van der Waals surface area contributed by atoms with Crippen molar-refractivity contribution in [3.05, 3.63) is 83.9 Å². The molecular weight excluding hydrogens is 430 g/mol. The van der Waals surface area contributed by atoms with Crippen LogP contribution in [0.2, 0.25) is 0 Å². The molecular formula is C20H20Cl2N2Zr. The molecule has 0 bridgehead atoms. The molecule has 0 aliphatic rings. The fourth-order valence-corrected chi connectivity index (χ4v) is 2.51. The van der Waals surface area contributed by atoms with Crippen LogP contribution in [0.25, 0.3) is 16.5 Å². The summed E-state index contributed by atoms with van der Waals surface area (Å²) in [6.07, 6.45) is 5.56. The van der Waals surface area contributed by atoms with Crippen molar-refractivity contribution in [2.45, 2.75) is 20.8 Å². The van der Waals surface area contributed by atoms with Crippen molar-refractivity contribution in [2.75, 3.05) is 0 Å². The van der Waals surface area contributed by atoms with Crippen molar-refractivity contribution in [1.82, 2.24) is 9.55 Å². The van der Waals surface area contributed by atoms with Gasteiger partial charge in [0.2, 0.25) is 0 Å². The molecule has 0 radical (unpaired) electrons. The number of aromatic nitrogens is 2. The monoisotopic (exact) mass is 448 g/mol. The maximum atomic E-state index is 4.03. The predicted octanol–water partition coefficient (Wildman–Crippen LogP) is -0.919. The molecule has 128 valence electrons. The number of nitrogens with zero attached hydrogens (tertiary/aromatic N) is 2. The van der Waals surface area contributed by atoms with E-state index in [1.54, 1.807) is 6.20 Å². The average Bonchev–Trinajstić information content (AvgIpc) is 3.24. The van der Waals surface area contributed by atoms with Crippen LogP contribution in [0, 0.1) is 20.8 Å². The van der Waals surface area contributed by atoms with Crippen LogP contribution < -0.4 is 24.8 Å². The molecule has 4 rings (SSSR count). The molecule has 3 aromatic carbocycles. The van der Waals surface area contributed by atoms with Crippen molar-refractivity contribution in [3.8, 4) is 5.69 Å². The number of benzene rings is 1. The van der Waals surface area contributed by atoms with Gasteiger partial charge in [0, 0.05) is 12.4 Å². The van der Waals surface area contributed by atoms with Crippen LogP contribution in [0.3, 0.4) is 0 Å². The molecule has 0 atom stereocenters. The van der Waals surface area contributed by atoms with Gasteiger partial charge >= 0.3 is 26.2 Å². The summed E-state index contributed by atoms with van der Waals surface area (Å²) in [5, 5.41) is 2.55. The summed E-state index contributed by atoms with van der Waals surface area (Å²) in [5.74, 6) is 0. The molecule has 4 aromatic rings. The van der Waals surface area contributed by atoms with Gasteiger partial charge in [-0.25, -0.2) is 11.1 Å². The molecule has 0 aliphatic carbocycles. The van der Waals surface area contributed by atoms with E-state index >= 15 is 0 Å². The molecule has 0 fully saturated rings. The quantitative estimate of drug-likeness (QED) is 0.343. The minimum Gasteiger partial charge on any atom is -1.00 e. The third-order valence-corrected chi connectivity index (χ3v) is 4.17. The summed E-state index contributed by atoms with van der Waals surface area (Å²) < 4.78 is 2.01. The van der Waals surface area contributed by atoms with Gasteiger partial charge in [-0.1, -0.05) is 26.8 Å². The van der Waals surface area contributed by atoms with E-state index in [0.29, 0.717) is 0 Å². The number of halogens is 2. The first kappa shape index (κ1) is 23.9. The van der Waals surface area contributed by atoms with Crippen LogP contribution in [0.15, 0.2) is 67.3 Å². The second-order valence-electron chi connectivity index (χ2n) is 5.64. The van der Waals surface area contributed by atoms with E-state index in [9.17, 15) is 0 Å². The Balaban J connectivity index is 0.000000462. The Bertz CT molecular complexity index is 824. The van der Waals surface area contributed by atoms with Crippen molar-refractivity contribution in [2.24, 2.45) is 0 Å². The van der Waals surface area contributed by atoms with Gasteiger partial charge in [-0.3, -0.25) is 0 Å². The Hall–Kier alpha value is -1.15. The molecule has 0 spiro atoms. The Morgan fingerprint density at radius 3 is 2.28 bits per heavy atom. The maximum absolute atomic E-state index is 4.03. The van der Waals surface area contributed by atoms with Gasteiger partial charge in [-0.2, -0.15) is 22.8 Å². The standard InChI is InChI=1S/C12H9N2.C8H11.2ClH.Zr/c1-2-4-11-8-12(7-10(11)3-1)14-6-5-13-9-14;1-6-4-5-7(2)8(6)3;;;/h1-9H;4-5H,1-3H3;2*1H;/q2*-1;;;+4/p-2. The summed E-state index contributed by atoms with van der Waals surface area (Å²) in [4.78, 5) is 4.03. The zero-order chi connectivity index (χ0) is 15.5. The summed E-state index contributed by atoms with van der Waals surface area (Å²) in [6, 6.07) is 17.0. The fraction of sp³-hybridized carbons (Fsp3) is 0.150. The normalized spacial score (nSPS) is 9.24. The Morgan fingerprint density at radius 1 is 1.08 bits per heavy atom. The van der Waals surface area contributed by atoms with Crippen LogP contribution in [0.5, 0.6) is 0 Å². The van der Waals surface area contributed by atoms with Crippen molar-refractivity contribution >= 4 is 10.8 Å². The van der Waals surface area contributed by atoms with E-state index in [-0.39, 0.29) is 51.0 Å². The molecule has 0 unspecified atom stereocenters. The van der Waals surface area contributed by atoms with E-state index in [2.05, 4.69) is 74.3 Å². The number of imidazole rings is 1. The van der Waals surface area contributed by atoms with E-state index in [4.69, 9.17) is 0 Å². The summed E-state index contributed by atoms with van der Waals surface area (Å²) in [7, 11) is 0. The summed E-state index contributed by atoms with van der Waals surface area (Å²) >= 11 is 0. The van der Waals surface area contributed by atoms with E-state index in [0.717, 1.165) is 0 Å². The molecule has 2 nitrogen and oxygen atoms in total. The smallest absolute Gasteiger partial charge is 1.00 e. The van der Waals surface area contributed by atoms with Crippen molar-refractivity contribution in [3.63, 3.8) is 0 Å². The molecule has 0 saturated carbocycles. The average molecular weight is 451 g/mol. The number of hydrogen-bond acceptors (Lipinski definition) is 1. The first-order chi connectivity index (χ1) is 10.6. The third kappa shape index (κ3) is 5.67. The second kappa shape index (κ2) is 10.8. The van der Waals surface area contributed by atoms with Gasteiger partial charge in [0.25, 0.3) is 0 Å². The Labute approximate surface area is 181 Å². The molecule has 0 saturated heterocycles. The van der Waals surface area contributed by atoms with Crippen LogP contribution in [0.1, 0.15) is 16.7 Å². The minimum atomic E-state index is 0. The van der Waals surface area contributed by atoms with Gasteiger partial charge in [0.15, 0.2) is 0 Å². The van der Waals surface area contributed by atoms with Gasteiger partial charge in [-0.15, -0.1) is 41.1 Å². The maximum Gasteiger partial charge on any atom is 4.00 e. The summed E-state index contributed by atoms with van der Waals surface area (Å²) in [6.45, 7) is 6.44. The molecule has 0 aliphatic heterocycles. The largest absolute Gasteiger partial charge is 4.00 e. The molecule has 5 heteroatoms. The Kier molecular flexibility index (Phi) is 10.3. The van der Waals surface area contributed by atoms with Crippen molar-refractivity contribution < 1.29 is 51.0 Å². The van der Waals surface area contributed by atoms with E-state index in [1.165, 1.54) is 33.2 Å². The molecule has 0 amide bonds. The third-order valence-electron chi connectivity index (χ3n) is 4.17. The van der Waals surface area contributed by atoms with Gasteiger partial charge in [-0.05, 0) is 5.69 Å². The first-order valence-corrected chi connectivity index (χ1v) is 7.48. The summed E-state index contributed by atoms with van der Waals surface area (Å²) in [5.41, 5.74) is 5.42. The number of fused-ring (bicyclic) bond motifs is 1. The SMILES string of the molecule is Cc1cc[c-](C)c1C.[Cl-].[Cl-].[Zr+4].c1ccc2[cH-]c(-n3ccnc3)cc2c1. The fourth-order valence-electron chi connectivity index (χ4n) is 2.51. The molecule has 25 heavy (non-hydrogen) atoms. The molecule has 1 heterocycles. The number of hydrogen-bond donors (Lipinski definition) is 0. The molecule has 1 aromatic heterocycles. The van der Waals surface area contributed by atoms with Crippen molar-refractivity contribution in [1.29, 1.82) is 0 Å². The zero-order valence-electron chi connectivity index (χ0n) is 14.5. The topological polar surface area (TPSA) is 17.8 Å². The van der Waals surface area contributed by atoms with Gasteiger partial charge in [0.1, 0.15) is 0 Å². The number of aryl methyl sites for hydroxylation is 2. The van der Waals surface area contributed by atoms with Crippen LogP contribution in [-0.4, -0.2) is 9.55 Å². The second-order valence-corrected chi connectivity index (χ2v) is 5.64. The minimum absolute atomic E-state index is 0. The van der Waals surface area contributed by atoms with Crippen LogP contribution >= 0.6 is 0 Å². The van der Waals surface area contributed by atoms with Gasteiger partial charge in [0.05, 0.1) is 6.33 Å². The molecule has 0 N–H and O–H groups in total. The predicted molar refractivity (Wildman–Crippen MR) is 92.9 cm³/mol. The number of rotatable bonds is 1. The van der Waals surface area contributed by atoms with Crippen LogP contribution in [0.4, 0.5) is 0 Å².